The number of benzene rings is 2. The van der Waals surface area contributed by atoms with Gasteiger partial charge in [-0.3, -0.25) is 14.4 Å². The van der Waals surface area contributed by atoms with Gasteiger partial charge in [0, 0.05) is 35.8 Å². The molecule has 1 amide bonds. The Hall–Kier alpha value is -4.19. The number of pyridine rings is 1. The van der Waals surface area contributed by atoms with Crippen LogP contribution >= 0.6 is 0 Å². The second-order valence-electron chi connectivity index (χ2n) is 9.32. The van der Waals surface area contributed by atoms with E-state index < -0.39 is 29.5 Å². The maximum atomic E-state index is 15.4. The monoisotopic (exact) mass is 527 g/mol. The minimum absolute atomic E-state index is 0.00845. The lowest BCUT2D eigenvalue weighted by Gasteiger charge is -2.27. The van der Waals surface area contributed by atoms with E-state index in [1.54, 1.807) is 13.2 Å². The first-order valence-electron chi connectivity index (χ1n) is 11.7. The standard InChI is InChI=1S/C26H21F4N5O3/c1-12-23-18(10-37-12)16-6-17(19(27)7-20(16)33-24(23)31)25(36)35(14-8-32-34(2)9-14)21-11-38-22-5-13(26(28,29)30)3-4-15(21)22/h3-9,12,21H,10-11H2,1-2H3,(H2,31,33)/t12-,21-/m1/s1. The Morgan fingerprint density at radius 3 is 2.74 bits per heavy atom. The van der Waals surface area contributed by atoms with Gasteiger partial charge in [0.15, 0.2) is 0 Å². The molecule has 2 aromatic heterocycles. The summed E-state index contributed by atoms with van der Waals surface area (Å²) in [7, 11) is 1.65. The van der Waals surface area contributed by atoms with Crippen LogP contribution in [0, 0.1) is 5.82 Å². The molecule has 8 nitrogen and oxygen atoms in total. The van der Waals surface area contributed by atoms with Gasteiger partial charge in [0.05, 0.1) is 47.3 Å². The Kier molecular flexibility index (Phi) is 5.35. The third-order valence-electron chi connectivity index (χ3n) is 6.96. The molecular formula is C26H21F4N5O3. The van der Waals surface area contributed by atoms with Gasteiger partial charge in [-0.15, -0.1) is 0 Å². The number of rotatable bonds is 3. The van der Waals surface area contributed by atoms with Crippen molar-refractivity contribution in [3.05, 3.63) is 76.4 Å². The second-order valence-corrected chi connectivity index (χ2v) is 9.32. The lowest BCUT2D eigenvalue weighted by Crippen LogP contribution is -2.36. The number of nitrogens with two attached hydrogens (primary N) is 1. The molecule has 0 bridgehead atoms. The zero-order valence-corrected chi connectivity index (χ0v) is 20.2. The van der Waals surface area contributed by atoms with Crippen LogP contribution in [0.2, 0.25) is 0 Å². The summed E-state index contributed by atoms with van der Waals surface area (Å²) in [5.41, 5.74) is 7.40. The molecule has 0 spiro atoms. The summed E-state index contributed by atoms with van der Waals surface area (Å²) in [5, 5.41) is 4.66. The molecule has 2 aliphatic heterocycles. The summed E-state index contributed by atoms with van der Waals surface area (Å²) in [4.78, 5) is 19.6. The van der Waals surface area contributed by atoms with Crippen molar-refractivity contribution in [2.75, 3.05) is 17.2 Å². The van der Waals surface area contributed by atoms with Crippen LogP contribution < -0.4 is 15.4 Å². The Labute approximate surface area is 213 Å². The number of fused-ring (bicyclic) bond motifs is 4. The molecule has 0 fully saturated rings. The number of hydrogen-bond acceptors (Lipinski definition) is 6. The molecular weight excluding hydrogens is 506 g/mol. The Morgan fingerprint density at radius 2 is 2.03 bits per heavy atom. The molecule has 196 valence electrons. The van der Waals surface area contributed by atoms with Gasteiger partial charge in [0.2, 0.25) is 0 Å². The van der Waals surface area contributed by atoms with E-state index in [2.05, 4.69) is 10.1 Å². The average Bonchev–Trinajstić information content (AvgIpc) is 3.57. The molecule has 4 heterocycles. The number of aromatic nitrogens is 3. The van der Waals surface area contributed by atoms with E-state index in [1.807, 2.05) is 6.92 Å². The van der Waals surface area contributed by atoms with Crippen LogP contribution in [0.4, 0.5) is 29.1 Å². The molecule has 0 saturated carbocycles. The molecule has 0 unspecified atom stereocenters. The number of ether oxygens (including phenoxy) is 2. The highest BCUT2D eigenvalue weighted by molar-refractivity contribution is 6.09. The van der Waals surface area contributed by atoms with Crippen molar-refractivity contribution in [2.24, 2.45) is 7.05 Å². The van der Waals surface area contributed by atoms with Gasteiger partial charge in [0.1, 0.15) is 24.0 Å². The molecule has 2 aromatic carbocycles. The molecule has 0 saturated heterocycles. The molecule has 38 heavy (non-hydrogen) atoms. The maximum absolute atomic E-state index is 15.4. The summed E-state index contributed by atoms with van der Waals surface area (Å²) in [6, 6.07) is 4.87. The van der Waals surface area contributed by atoms with Crippen LogP contribution in [-0.4, -0.2) is 27.3 Å². The van der Waals surface area contributed by atoms with Crippen molar-refractivity contribution in [3.63, 3.8) is 0 Å². The minimum atomic E-state index is -4.55. The van der Waals surface area contributed by atoms with Crippen molar-refractivity contribution < 1.29 is 31.8 Å². The number of aryl methyl sites for hydroxylation is 1. The van der Waals surface area contributed by atoms with Gasteiger partial charge < -0.3 is 15.2 Å². The van der Waals surface area contributed by atoms with Gasteiger partial charge in [-0.05, 0) is 30.7 Å². The van der Waals surface area contributed by atoms with E-state index in [-0.39, 0.29) is 42.0 Å². The summed E-state index contributed by atoms with van der Waals surface area (Å²) in [6.07, 6.45) is -1.86. The number of halogens is 4. The van der Waals surface area contributed by atoms with Crippen LogP contribution in [0.15, 0.2) is 42.7 Å². The number of alkyl halides is 3. The Morgan fingerprint density at radius 1 is 1.24 bits per heavy atom. The lowest BCUT2D eigenvalue weighted by molar-refractivity contribution is -0.137. The maximum Gasteiger partial charge on any atom is 0.416 e. The average molecular weight is 527 g/mol. The van der Waals surface area contributed by atoms with E-state index in [4.69, 9.17) is 15.2 Å². The quantitative estimate of drug-likeness (QED) is 0.374. The van der Waals surface area contributed by atoms with Crippen molar-refractivity contribution in [1.29, 1.82) is 0 Å². The molecule has 12 heteroatoms. The molecule has 6 rings (SSSR count). The lowest BCUT2D eigenvalue weighted by atomic mass is 9.98. The Balaban J connectivity index is 1.48. The third-order valence-corrected chi connectivity index (χ3v) is 6.96. The second kappa shape index (κ2) is 8.42. The Bertz CT molecular complexity index is 1620. The normalized spacial score (nSPS) is 18.4. The largest absolute Gasteiger partial charge is 0.491 e. The zero-order chi connectivity index (χ0) is 26.9. The summed E-state index contributed by atoms with van der Waals surface area (Å²) < 4.78 is 67.9. The van der Waals surface area contributed by atoms with Crippen LogP contribution in [0.5, 0.6) is 5.75 Å². The van der Waals surface area contributed by atoms with Crippen LogP contribution in [-0.2, 0) is 24.6 Å². The smallest absolute Gasteiger partial charge is 0.416 e. The van der Waals surface area contributed by atoms with Crippen molar-refractivity contribution in [3.8, 4) is 5.75 Å². The number of carbonyl (C=O) groups excluding carboxylic acids is 1. The highest BCUT2D eigenvalue weighted by Gasteiger charge is 2.39. The predicted octanol–water partition coefficient (Wildman–Crippen LogP) is 5.08. The molecule has 2 N–H and O–H groups in total. The first-order valence-corrected chi connectivity index (χ1v) is 11.7. The number of carbonyl (C=O) groups is 1. The number of hydrogen-bond donors (Lipinski definition) is 1. The molecule has 0 aliphatic carbocycles. The summed E-state index contributed by atoms with van der Waals surface area (Å²) in [6.45, 7) is 1.94. The third kappa shape index (κ3) is 3.74. The van der Waals surface area contributed by atoms with Gasteiger partial charge in [-0.1, -0.05) is 6.07 Å². The van der Waals surface area contributed by atoms with Crippen LogP contribution in [0.25, 0.3) is 10.9 Å². The molecule has 2 atom stereocenters. The zero-order valence-electron chi connectivity index (χ0n) is 20.2. The first kappa shape index (κ1) is 24.2. The molecule has 0 radical (unpaired) electrons. The first-order chi connectivity index (χ1) is 18.0. The number of nitrogens with zero attached hydrogens (tertiary/aromatic N) is 4. The van der Waals surface area contributed by atoms with Crippen LogP contribution in [0.3, 0.4) is 0 Å². The van der Waals surface area contributed by atoms with Gasteiger partial charge in [-0.2, -0.15) is 18.3 Å². The van der Waals surface area contributed by atoms with E-state index >= 15 is 4.39 Å². The molecule has 4 aromatic rings. The fourth-order valence-electron chi connectivity index (χ4n) is 5.14. The number of amides is 1. The van der Waals surface area contributed by atoms with Crippen molar-refractivity contribution in [1.82, 2.24) is 14.8 Å². The van der Waals surface area contributed by atoms with E-state index in [0.717, 1.165) is 23.8 Å². The van der Waals surface area contributed by atoms with E-state index in [9.17, 15) is 18.0 Å². The van der Waals surface area contributed by atoms with Gasteiger partial charge >= 0.3 is 6.18 Å². The minimum Gasteiger partial charge on any atom is -0.491 e. The van der Waals surface area contributed by atoms with E-state index in [0.29, 0.717) is 22.2 Å². The van der Waals surface area contributed by atoms with Gasteiger partial charge in [0.25, 0.3) is 5.91 Å². The van der Waals surface area contributed by atoms with E-state index in [1.165, 1.54) is 27.9 Å². The number of anilines is 2. The highest BCUT2D eigenvalue weighted by Crippen LogP contribution is 2.43. The van der Waals surface area contributed by atoms with Crippen molar-refractivity contribution in [2.45, 2.75) is 31.9 Å². The fourth-order valence-corrected chi connectivity index (χ4v) is 5.14. The predicted molar refractivity (Wildman–Crippen MR) is 129 cm³/mol. The van der Waals surface area contributed by atoms with Crippen molar-refractivity contribution >= 4 is 28.3 Å². The summed E-state index contributed by atoms with van der Waals surface area (Å²) >= 11 is 0. The number of nitrogen functional groups attached to an aromatic ring is 1. The van der Waals surface area contributed by atoms with Crippen LogP contribution in [0.1, 0.15) is 51.7 Å². The fraction of sp³-hybridized carbons (Fsp3) is 0.269. The van der Waals surface area contributed by atoms with Gasteiger partial charge in [-0.25, -0.2) is 9.37 Å². The summed E-state index contributed by atoms with van der Waals surface area (Å²) in [5.74, 6) is -1.28. The SMILES string of the molecule is C[C@H]1OCc2c1c(N)nc1cc(F)c(C(=O)N(c3cnn(C)c3)[C@@H]3COc4cc(C(F)(F)F)ccc43)cc21. The highest BCUT2D eigenvalue weighted by atomic mass is 19.4. The molecule has 2 aliphatic rings. The topological polar surface area (TPSA) is 95.5 Å².